The Morgan fingerprint density at radius 1 is 0.897 bits per heavy atom. The number of carbonyl (C=O) groups excluding carboxylic acids is 1. The fraction of sp³-hybridized carbons (Fsp3) is 0.452. The van der Waals surface area contributed by atoms with Crippen molar-refractivity contribution in [1.29, 1.82) is 0 Å². The molecule has 3 fully saturated rings. The predicted octanol–water partition coefficient (Wildman–Crippen LogP) is 4.64. The van der Waals surface area contributed by atoms with Crippen LogP contribution in [0.5, 0.6) is 0 Å². The van der Waals surface area contributed by atoms with Gasteiger partial charge < -0.3 is 24.4 Å². The van der Waals surface area contributed by atoms with Crippen LogP contribution in [0.1, 0.15) is 47.8 Å². The van der Waals surface area contributed by atoms with E-state index in [-0.39, 0.29) is 24.5 Å². The highest BCUT2D eigenvalue weighted by Crippen LogP contribution is 2.35. The van der Waals surface area contributed by atoms with Gasteiger partial charge in [0.15, 0.2) is 5.69 Å². The first-order valence-corrected chi connectivity index (χ1v) is 14.2. The zero-order valence-electron chi connectivity index (χ0n) is 22.4. The van der Waals surface area contributed by atoms with Crippen LogP contribution in [0.2, 0.25) is 0 Å². The molecule has 0 bridgehead atoms. The number of amides is 2. The van der Waals surface area contributed by atoms with Gasteiger partial charge in [0.2, 0.25) is 0 Å². The Bertz CT molecular complexity index is 1290. The van der Waals surface area contributed by atoms with Crippen LogP contribution in [0.25, 0.3) is 11.3 Å². The van der Waals surface area contributed by atoms with E-state index in [1.165, 1.54) is 24.3 Å². The van der Waals surface area contributed by atoms with Crippen LogP contribution in [0, 0.1) is 5.92 Å². The number of carboxylic acid groups (broad SMARTS) is 1. The molecule has 1 N–H and O–H groups in total. The summed E-state index contributed by atoms with van der Waals surface area (Å²) in [4.78, 5) is 36.7. The highest BCUT2D eigenvalue weighted by Gasteiger charge is 2.36. The number of carbonyl (C=O) groups is 2. The van der Waals surface area contributed by atoms with Gasteiger partial charge in [-0.05, 0) is 50.1 Å². The van der Waals surface area contributed by atoms with Crippen LogP contribution in [0.15, 0.2) is 67.0 Å². The van der Waals surface area contributed by atoms with E-state index in [9.17, 15) is 14.7 Å². The molecule has 0 radical (unpaired) electrons. The van der Waals surface area contributed by atoms with E-state index >= 15 is 0 Å². The van der Waals surface area contributed by atoms with Gasteiger partial charge in [-0.25, -0.2) is 9.78 Å². The van der Waals surface area contributed by atoms with E-state index in [2.05, 4.69) is 21.6 Å². The number of likely N-dealkylation sites (tertiary alicyclic amines) is 1. The van der Waals surface area contributed by atoms with Crippen LogP contribution >= 0.6 is 0 Å². The van der Waals surface area contributed by atoms with Gasteiger partial charge in [0, 0.05) is 44.3 Å². The lowest BCUT2D eigenvalue weighted by atomic mass is 10.0. The standard InChI is InChI=1S/C31H37N5O3/c37-30(35-17-16-34(31(38)39)21-27(35)18-23-8-3-1-4-9-23)28-29(25-10-5-2-6-11-25)36(22-32-28)26-12-7-15-33(20-26)19-24-13-14-24/h1-6,8-11,22,24,26-27H,7,12-21H2,(H,38,39)/t26?,27-/m1/s1. The summed E-state index contributed by atoms with van der Waals surface area (Å²) < 4.78 is 2.24. The van der Waals surface area contributed by atoms with Crippen molar-refractivity contribution in [2.45, 2.75) is 44.2 Å². The highest BCUT2D eigenvalue weighted by molar-refractivity contribution is 5.98. The van der Waals surface area contributed by atoms with Gasteiger partial charge in [0.1, 0.15) is 0 Å². The van der Waals surface area contributed by atoms with Gasteiger partial charge in [-0.3, -0.25) is 4.79 Å². The molecule has 1 unspecified atom stereocenters. The number of imidazole rings is 1. The lowest BCUT2D eigenvalue weighted by molar-refractivity contribution is 0.0447. The number of hydrogen-bond donors (Lipinski definition) is 1. The van der Waals surface area contributed by atoms with Crippen LogP contribution < -0.4 is 0 Å². The van der Waals surface area contributed by atoms with Crippen molar-refractivity contribution in [1.82, 2.24) is 24.3 Å². The summed E-state index contributed by atoms with van der Waals surface area (Å²) >= 11 is 0. The van der Waals surface area contributed by atoms with Gasteiger partial charge >= 0.3 is 6.09 Å². The van der Waals surface area contributed by atoms with Crippen molar-refractivity contribution in [2.75, 3.05) is 39.3 Å². The minimum atomic E-state index is -0.942. The largest absolute Gasteiger partial charge is 0.465 e. The van der Waals surface area contributed by atoms with Crippen LogP contribution in [-0.4, -0.2) is 86.7 Å². The Morgan fingerprint density at radius 2 is 1.64 bits per heavy atom. The topological polar surface area (TPSA) is 81.9 Å². The molecule has 0 spiro atoms. The minimum absolute atomic E-state index is 0.121. The first kappa shape index (κ1) is 25.6. The third-order valence-corrected chi connectivity index (χ3v) is 8.46. The summed E-state index contributed by atoms with van der Waals surface area (Å²) in [6, 6.07) is 20.1. The maximum absolute atomic E-state index is 14.3. The normalized spacial score (nSPS) is 22.2. The summed E-state index contributed by atoms with van der Waals surface area (Å²) in [6.07, 6.45) is 6.42. The van der Waals surface area contributed by atoms with Crippen molar-refractivity contribution in [3.05, 3.63) is 78.2 Å². The molecule has 8 heteroatoms. The summed E-state index contributed by atoms with van der Waals surface area (Å²) in [5.74, 6) is 0.729. The van der Waals surface area contributed by atoms with Gasteiger partial charge in [0.25, 0.3) is 5.91 Å². The van der Waals surface area contributed by atoms with E-state index in [0.29, 0.717) is 25.2 Å². The quantitative estimate of drug-likeness (QED) is 0.484. The second-order valence-corrected chi connectivity index (χ2v) is 11.3. The predicted molar refractivity (Wildman–Crippen MR) is 150 cm³/mol. The molecular weight excluding hydrogens is 490 g/mol. The monoisotopic (exact) mass is 527 g/mol. The molecule has 3 aliphatic rings. The lowest BCUT2D eigenvalue weighted by Crippen LogP contribution is -2.57. The maximum atomic E-state index is 14.3. The van der Waals surface area contributed by atoms with E-state index in [1.54, 1.807) is 0 Å². The Hall–Kier alpha value is -3.65. The number of piperidine rings is 1. The number of benzene rings is 2. The smallest absolute Gasteiger partial charge is 0.407 e. The molecule has 1 aromatic heterocycles. The Morgan fingerprint density at radius 3 is 2.36 bits per heavy atom. The van der Waals surface area contributed by atoms with Crippen molar-refractivity contribution in [2.24, 2.45) is 5.92 Å². The zero-order chi connectivity index (χ0) is 26.8. The lowest BCUT2D eigenvalue weighted by Gasteiger charge is -2.40. The molecule has 2 atom stereocenters. The molecule has 1 saturated carbocycles. The second kappa shape index (κ2) is 11.2. The molecule has 3 heterocycles. The van der Waals surface area contributed by atoms with E-state index < -0.39 is 6.09 Å². The number of rotatable bonds is 7. The van der Waals surface area contributed by atoms with Crippen molar-refractivity contribution in [3.63, 3.8) is 0 Å². The number of aromatic nitrogens is 2. The van der Waals surface area contributed by atoms with Gasteiger partial charge in [-0.2, -0.15) is 0 Å². The van der Waals surface area contributed by atoms with Crippen LogP contribution in [0.4, 0.5) is 4.79 Å². The molecular formula is C31H37N5O3. The highest BCUT2D eigenvalue weighted by atomic mass is 16.4. The fourth-order valence-electron chi connectivity index (χ4n) is 6.26. The molecule has 2 aromatic carbocycles. The molecule has 1 aliphatic carbocycles. The first-order chi connectivity index (χ1) is 19.1. The number of piperazine rings is 1. The van der Waals surface area contributed by atoms with E-state index in [4.69, 9.17) is 4.98 Å². The Labute approximate surface area is 229 Å². The summed E-state index contributed by atoms with van der Waals surface area (Å²) in [7, 11) is 0. The molecule has 204 valence electrons. The summed E-state index contributed by atoms with van der Waals surface area (Å²) in [6.45, 7) is 4.23. The minimum Gasteiger partial charge on any atom is -0.465 e. The van der Waals surface area contributed by atoms with Crippen molar-refractivity contribution < 1.29 is 14.7 Å². The third-order valence-electron chi connectivity index (χ3n) is 8.46. The van der Waals surface area contributed by atoms with Crippen LogP contribution in [0.3, 0.4) is 0 Å². The van der Waals surface area contributed by atoms with Crippen molar-refractivity contribution >= 4 is 12.0 Å². The summed E-state index contributed by atoms with van der Waals surface area (Å²) in [5, 5.41) is 9.69. The third kappa shape index (κ3) is 5.71. The number of hydrogen-bond acceptors (Lipinski definition) is 4. The molecule has 39 heavy (non-hydrogen) atoms. The summed E-state index contributed by atoms with van der Waals surface area (Å²) in [5.41, 5.74) is 3.40. The SMILES string of the molecule is O=C(O)N1CCN(C(=O)c2ncn(C3CCCN(CC4CC4)C3)c2-c2ccccc2)[C@H](Cc2ccccc2)C1. The molecule has 2 aliphatic heterocycles. The van der Waals surface area contributed by atoms with Crippen molar-refractivity contribution in [3.8, 4) is 11.3 Å². The Kier molecular flexibility index (Phi) is 7.37. The first-order valence-electron chi connectivity index (χ1n) is 14.2. The number of nitrogens with zero attached hydrogens (tertiary/aromatic N) is 5. The Balaban J connectivity index is 1.32. The van der Waals surface area contributed by atoms with Gasteiger partial charge in [0.05, 0.1) is 18.1 Å². The average molecular weight is 528 g/mol. The van der Waals surface area contributed by atoms with E-state index in [0.717, 1.165) is 48.7 Å². The maximum Gasteiger partial charge on any atom is 0.407 e. The zero-order valence-corrected chi connectivity index (χ0v) is 22.4. The fourth-order valence-corrected chi connectivity index (χ4v) is 6.26. The second-order valence-electron chi connectivity index (χ2n) is 11.3. The molecule has 2 amide bonds. The van der Waals surface area contributed by atoms with Gasteiger partial charge in [-0.1, -0.05) is 60.7 Å². The molecule has 6 rings (SSSR count). The van der Waals surface area contributed by atoms with E-state index in [1.807, 2.05) is 59.8 Å². The molecule has 3 aromatic rings. The van der Waals surface area contributed by atoms with Gasteiger partial charge in [-0.15, -0.1) is 0 Å². The molecule has 2 saturated heterocycles. The molecule has 8 nitrogen and oxygen atoms in total. The average Bonchev–Trinajstić information content (AvgIpc) is 3.67. The van der Waals surface area contributed by atoms with Crippen LogP contribution in [-0.2, 0) is 6.42 Å².